The molecule has 1 aliphatic heterocycles. The molecule has 176 valence electrons. The van der Waals surface area contributed by atoms with Gasteiger partial charge in [0.15, 0.2) is 0 Å². The lowest BCUT2D eigenvalue weighted by molar-refractivity contribution is -0.126. The second-order valence-electron chi connectivity index (χ2n) is 8.17. The van der Waals surface area contributed by atoms with Gasteiger partial charge < -0.3 is 15.5 Å². The van der Waals surface area contributed by atoms with Crippen LogP contribution in [-0.4, -0.2) is 45.9 Å². The van der Waals surface area contributed by atoms with Crippen molar-refractivity contribution in [3.05, 3.63) is 74.7 Å². The van der Waals surface area contributed by atoms with Gasteiger partial charge in [0, 0.05) is 30.3 Å². The number of nitrogens with one attached hydrogen (secondary N) is 2. The maximum Gasteiger partial charge on any atom is 0.286 e. The predicted octanol–water partition coefficient (Wildman–Crippen LogP) is 3.92. The minimum Gasteiger partial charge on any atom is -0.352 e. The molecule has 2 N–H and O–H groups in total. The number of aromatic nitrogens is 2. The highest BCUT2D eigenvalue weighted by atomic mass is 35.5. The largest absolute Gasteiger partial charge is 0.352 e. The van der Waals surface area contributed by atoms with E-state index in [1.807, 2.05) is 31.2 Å². The van der Waals surface area contributed by atoms with Crippen LogP contribution in [0.15, 0.2) is 48.5 Å². The van der Waals surface area contributed by atoms with E-state index in [9.17, 15) is 14.4 Å². The quantitative estimate of drug-likeness (QED) is 0.537. The highest BCUT2D eigenvalue weighted by Gasteiger charge is 2.30. The van der Waals surface area contributed by atoms with E-state index in [0.717, 1.165) is 28.9 Å². The highest BCUT2D eigenvalue weighted by Crippen LogP contribution is 2.22. The summed E-state index contributed by atoms with van der Waals surface area (Å²) in [5.41, 5.74) is 2.70. The van der Waals surface area contributed by atoms with Gasteiger partial charge in [0.05, 0.1) is 5.92 Å². The van der Waals surface area contributed by atoms with Crippen molar-refractivity contribution in [2.75, 3.05) is 18.4 Å². The number of hydrogen-bond acceptors (Lipinski definition) is 6. The third-order valence-corrected chi connectivity index (χ3v) is 6.66. The molecule has 1 saturated heterocycles. The molecule has 3 aromatic rings. The number of piperidine rings is 1. The Balaban J connectivity index is 1.34. The molecule has 10 heteroatoms. The van der Waals surface area contributed by atoms with Gasteiger partial charge in [-0.25, -0.2) is 0 Å². The molecule has 0 bridgehead atoms. The fraction of sp³-hybridized carbons (Fsp3) is 0.292. The van der Waals surface area contributed by atoms with Gasteiger partial charge in [-0.1, -0.05) is 58.8 Å². The molecule has 34 heavy (non-hydrogen) atoms. The normalized spacial score (nSPS) is 15.6. The average molecular weight is 498 g/mol. The Morgan fingerprint density at radius 2 is 1.91 bits per heavy atom. The van der Waals surface area contributed by atoms with Crippen molar-refractivity contribution in [3.63, 3.8) is 0 Å². The van der Waals surface area contributed by atoms with Crippen molar-refractivity contribution in [3.8, 4) is 0 Å². The number of amides is 3. The number of anilines is 1. The molecule has 4 rings (SSSR count). The van der Waals surface area contributed by atoms with Crippen LogP contribution in [-0.2, 0) is 11.3 Å². The molecule has 0 spiro atoms. The molecule has 0 aliphatic carbocycles. The number of benzene rings is 2. The lowest BCUT2D eigenvalue weighted by Crippen LogP contribution is -2.45. The van der Waals surface area contributed by atoms with Gasteiger partial charge in [-0.05, 0) is 43.5 Å². The summed E-state index contributed by atoms with van der Waals surface area (Å²) in [5, 5.41) is 14.1. The number of hydrogen-bond donors (Lipinski definition) is 2. The number of rotatable bonds is 6. The third kappa shape index (κ3) is 5.98. The first kappa shape index (κ1) is 23.8. The molecular weight excluding hydrogens is 474 g/mol. The lowest BCUT2D eigenvalue weighted by Gasteiger charge is -2.31. The van der Waals surface area contributed by atoms with Gasteiger partial charge in [0.2, 0.25) is 15.9 Å². The molecule has 0 unspecified atom stereocenters. The Kier molecular flexibility index (Phi) is 7.54. The Morgan fingerprint density at radius 3 is 2.71 bits per heavy atom. The standard InChI is InChI=1S/C24H24ClN5O3S/c1-15-5-2-6-16(11-15)13-26-20(31)17-7-4-10-30(14-17)24(33)23-29-28-22(34-23)21(32)27-19-9-3-8-18(25)12-19/h2-3,5-6,8-9,11-12,17H,4,7,10,13-14H2,1H3,(H,26,31)(H,27,32)/t17-/m0/s1. The van der Waals surface area contributed by atoms with Crippen LogP contribution in [0, 0.1) is 12.8 Å². The van der Waals surface area contributed by atoms with Crippen LogP contribution in [0.25, 0.3) is 0 Å². The molecule has 3 amide bonds. The van der Waals surface area contributed by atoms with Crippen LogP contribution in [0.4, 0.5) is 5.69 Å². The van der Waals surface area contributed by atoms with E-state index in [2.05, 4.69) is 20.8 Å². The van der Waals surface area contributed by atoms with Gasteiger partial charge in [0.25, 0.3) is 11.8 Å². The molecule has 2 heterocycles. The van der Waals surface area contributed by atoms with Gasteiger partial charge >= 0.3 is 0 Å². The first-order chi connectivity index (χ1) is 16.4. The van der Waals surface area contributed by atoms with Crippen LogP contribution in [0.2, 0.25) is 5.02 Å². The molecule has 1 aliphatic rings. The van der Waals surface area contributed by atoms with E-state index >= 15 is 0 Å². The number of carbonyl (C=O) groups excluding carboxylic acids is 3. The Bertz CT molecular complexity index is 1210. The minimum atomic E-state index is -0.467. The van der Waals surface area contributed by atoms with E-state index < -0.39 is 5.91 Å². The summed E-state index contributed by atoms with van der Waals surface area (Å²) in [7, 11) is 0. The van der Waals surface area contributed by atoms with Gasteiger partial charge in [-0.2, -0.15) is 0 Å². The third-order valence-electron chi connectivity index (χ3n) is 5.51. The van der Waals surface area contributed by atoms with Crippen LogP contribution in [0.5, 0.6) is 0 Å². The molecule has 0 radical (unpaired) electrons. The Hall–Kier alpha value is -3.30. The second kappa shape index (κ2) is 10.8. The second-order valence-corrected chi connectivity index (χ2v) is 9.59. The van der Waals surface area contributed by atoms with Crippen LogP contribution in [0.3, 0.4) is 0 Å². The fourth-order valence-electron chi connectivity index (χ4n) is 3.82. The molecular formula is C24H24ClN5O3S. The molecule has 1 aromatic heterocycles. The summed E-state index contributed by atoms with van der Waals surface area (Å²) < 4.78 is 0. The van der Waals surface area contributed by atoms with Gasteiger partial charge in [0.1, 0.15) is 0 Å². The first-order valence-electron chi connectivity index (χ1n) is 10.9. The summed E-state index contributed by atoms with van der Waals surface area (Å²) in [6, 6.07) is 14.7. The number of nitrogens with zero attached hydrogens (tertiary/aromatic N) is 3. The topological polar surface area (TPSA) is 104 Å². The van der Waals surface area contributed by atoms with Crippen molar-refractivity contribution in [2.24, 2.45) is 5.92 Å². The Labute approximate surface area is 206 Å². The highest BCUT2D eigenvalue weighted by molar-refractivity contribution is 7.15. The molecule has 0 saturated carbocycles. The number of likely N-dealkylation sites (tertiary alicyclic amines) is 1. The zero-order valence-electron chi connectivity index (χ0n) is 18.6. The lowest BCUT2D eigenvalue weighted by atomic mass is 9.97. The summed E-state index contributed by atoms with van der Waals surface area (Å²) in [5.74, 6) is -1.15. The predicted molar refractivity (Wildman–Crippen MR) is 131 cm³/mol. The average Bonchev–Trinajstić information content (AvgIpc) is 3.33. The van der Waals surface area contributed by atoms with Crippen LogP contribution < -0.4 is 10.6 Å². The summed E-state index contributed by atoms with van der Waals surface area (Å²) in [4.78, 5) is 39.8. The van der Waals surface area contributed by atoms with Crippen molar-refractivity contribution >= 4 is 46.3 Å². The fourth-order valence-corrected chi connectivity index (χ4v) is 4.72. The minimum absolute atomic E-state index is 0.0714. The van der Waals surface area contributed by atoms with Crippen LogP contribution in [0.1, 0.15) is 43.6 Å². The van der Waals surface area contributed by atoms with E-state index in [4.69, 9.17) is 11.6 Å². The van der Waals surface area contributed by atoms with E-state index in [1.54, 1.807) is 29.2 Å². The first-order valence-corrected chi connectivity index (χ1v) is 12.1. The number of halogens is 1. The summed E-state index contributed by atoms with van der Waals surface area (Å²) in [6.45, 7) is 3.30. The summed E-state index contributed by atoms with van der Waals surface area (Å²) >= 11 is 6.87. The number of carbonyl (C=O) groups is 3. The van der Waals surface area contributed by atoms with E-state index in [1.165, 1.54) is 0 Å². The maximum absolute atomic E-state index is 13.0. The smallest absolute Gasteiger partial charge is 0.286 e. The SMILES string of the molecule is Cc1cccc(CNC(=O)[C@H]2CCCN(C(=O)c3nnc(C(=O)Nc4cccc(Cl)c4)s3)C2)c1. The van der Waals surface area contributed by atoms with E-state index in [-0.39, 0.29) is 27.7 Å². The monoisotopic (exact) mass is 497 g/mol. The van der Waals surface area contributed by atoms with Gasteiger partial charge in [-0.15, -0.1) is 10.2 Å². The zero-order chi connectivity index (χ0) is 24.1. The van der Waals surface area contributed by atoms with E-state index in [0.29, 0.717) is 36.8 Å². The van der Waals surface area contributed by atoms with Crippen molar-refractivity contribution in [1.29, 1.82) is 0 Å². The molecule has 2 aromatic carbocycles. The zero-order valence-corrected chi connectivity index (χ0v) is 20.2. The Morgan fingerprint density at radius 1 is 1.12 bits per heavy atom. The number of aryl methyl sites for hydroxylation is 1. The van der Waals surface area contributed by atoms with Crippen molar-refractivity contribution < 1.29 is 14.4 Å². The van der Waals surface area contributed by atoms with Crippen molar-refractivity contribution in [2.45, 2.75) is 26.3 Å². The molecule has 8 nitrogen and oxygen atoms in total. The van der Waals surface area contributed by atoms with Crippen molar-refractivity contribution in [1.82, 2.24) is 20.4 Å². The van der Waals surface area contributed by atoms with Gasteiger partial charge in [-0.3, -0.25) is 14.4 Å². The van der Waals surface area contributed by atoms with Crippen LogP contribution >= 0.6 is 22.9 Å². The maximum atomic E-state index is 13.0. The molecule has 1 atom stereocenters. The molecule has 1 fully saturated rings. The summed E-state index contributed by atoms with van der Waals surface area (Å²) in [6.07, 6.45) is 1.43.